The minimum Gasteiger partial charge on any atom is -0.318 e. The van der Waals surface area contributed by atoms with E-state index in [1.807, 2.05) is 0 Å². The van der Waals surface area contributed by atoms with Crippen LogP contribution in [0, 0.1) is 11.3 Å². The van der Waals surface area contributed by atoms with E-state index in [0.29, 0.717) is 5.92 Å². The van der Waals surface area contributed by atoms with Crippen molar-refractivity contribution in [2.45, 2.75) is 27.2 Å². The van der Waals surface area contributed by atoms with E-state index in [9.17, 15) is 4.79 Å². The van der Waals surface area contributed by atoms with Crippen LogP contribution in [-0.4, -0.2) is 23.7 Å². The van der Waals surface area contributed by atoms with Gasteiger partial charge in [0.1, 0.15) is 5.88 Å². The maximum atomic E-state index is 11.4. The average Bonchev–Trinajstić information content (AvgIpc) is 2.36. The lowest BCUT2D eigenvalue weighted by Crippen LogP contribution is -2.32. The van der Waals surface area contributed by atoms with Crippen molar-refractivity contribution < 1.29 is 4.79 Å². The first-order valence-corrected chi connectivity index (χ1v) is 5.47. The largest absolute Gasteiger partial charge is 0.318 e. The summed E-state index contributed by atoms with van der Waals surface area (Å²) < 4.78 is 0. The van der Waals surface area contributed by atoms with Gasteiger partial charge in [0.15, 0.2) is 0 Å². The highest BCUT2D eigenvalue weighted by Crippen LogP contribution is 2.42. The number of carbonyl (C=O) groups excluding carboxylic acids is 1. The van der Waals surface area contributed by atoms with Gasteiger partial charge in [0.05, 0.1) is 0 Å². The molecule has 0 heterocycles. The van der Waals surface area contributed by atoms with Crippen LogP contribution in [0.25, 0.3) is 0 Å². The summed E-state index contributed by atoms with van der Waals surface area (Å²) in [5.74, 6) is 0.573. The van der Waals surface area contributed by atoms with E-state index < -0.39 is 0 Å². The number of carbonyl (C=O) groups is 1. The van der Waals surface area contributed by atoms with E-state index in [1.54, 1.807) is 11.9 Å². The summed E-state index contributed by atoms with van der Waals surface area (Å²) in [5, 5.41) is 0. The zero-order valence-electron chi connectivity index (χ0n) is 9.30. The molecule has 0 fully saturated rings. The highest BCUT2D eigenvalue weighted by atomic mass is 35.5. The second kappa shape index (κ2) is 3.93. The summed E-state index contributed by atoms with van der Waals surface area (Å²) in [6, 6.07) is 0. The van der Waals surface area contributed by atoms with E-state index in [4.69, 9.17) is 11.6 Å². The van der Waals surface area contributed by atoms with Crippen molar-refractivity contribution in [2.24, 2.45) is 11.3 Å². The lowest BCUT2D eigenvalue weighted by Gasteiger charge is -2.29. The Hall–Kier alpha value is -0.500. The molecule has 1 aliphatic carbocycles. The summed E-state index contributed by atoms with van der Waals surface area (Å²) >= 11 is 5.54. The third-order valence-electron chi connectivity index (χ3n) is 2.82. The number of hydrogen-bond acceptors (Lipinski definition) is 1. The monoisotopic (exact) mass is 215 g/mol. The quantitative estimate of drug-likeness (QED) is 0.649. The Morgan fingerprint density at radius 2 is 2.29 bits per heavy atom. The van der Waals surface area contributed by atoms with E-state index in [-0.39, 0.29) is 17.2 Å². The number of hydrogen-bond donors (Lipinski definition) is 0. The molecule has 0 aromatic rings. The third-order valence-corrected chi connectivity index (χ3v) is 3.05. The number of rotatable bonds is 2. The molecule has 0 aliphatic heterocycles. The van der Waals surface area contributed by atoms with Crippen molar-refractivity contribution in [3.63, 3.8) is 0 Å². The van der Waals surface area contributed by atoms with Crippen molar-refractivity contribution in [2.75, 3.05) is 12.9 Å². The Morgan fingerprint density at radius 1 is 1.71 bits per heavy atom. The number of halogens is 1. The molecule has 0 spiro atoms. The second-order valence-corrected chi connectivity index (χ2v) is 4.97. The smallest absolute Gasteiger partial charge is 0.241 e. The standard InChI is InChI=1S/C11H18ClNO/c1-8-5-9(11(2,3)6-8)13(4)10(14)7-12/h5,8H,6-7H2,1-4H3. The Balaban J connectivity index is 2.86. The van der Waals surface area contributed by atoms with Gasteiger partial charge in [-0.05, 0) is 12.3 Å². The average molecular weight is 216 g/mol. The van der Waals surface area contributed by atoms with Gasteiger partial charge in [0.2, 0.25) is 5.91 Å². The van der Waals surface area contributed by atoms with Crippen LogP contribution in [0.3, 0.4) is 0 Å². The molecule has 1 aliphatic rings. The molecule has 3 heteroatoms. The van der Waals surface area contributed by atoms with Gasteiger partial charge in [-0.15, -0.1) is 11.6 Å². The summed E-state index contributed by atoms with van der Waals surface area (Å²) in [6.07, 6.45) is 3.27. The van der Waals surface area contributed by atoms with Crippen molar-refractivity contribution >= 4 is 17.5 Å². The maximum Gasteiger partial charge on any atom is 0.241 e. The van der Waals surface area contributed by atoms with Crippen LogP contribution in [0.1, 0.15) is 27.2 Å². The highest BCUT2D eigenvalue weighted by molar-refractivity contribution is 6.27. The fourth-order valence-corrected chi connectivity index (χ4v) is 2.43. The van der Waals surface area contributed by atoms with Gasteiger partial charge in [-0.3, -0.25) is 4.79 Å². The molecule has 0 aromatic heterocycles. The SMILES string of the molecule is CC1C=C(N(C)C(=O)CCl)C(C)(C)C1. The van der Waals surface area contributed by atoms with Crippen LogP contribution in [0.15, 0.2) is 11.8 Å². The van der Waals surface area contributed by atoms with Gasteiger partial charge in [-0.2, -0.15) is 0 Å². The molecule has 1 rings (SSSR count). The molecular weight excluding hydrogens is 198 g/mol. The van der Waals surface area contributed by atoms with Crippen LogP contribution >= 0.6 is 11.6 Å². The van der Waals surface area contributed by atoms with E-state index in [0.717, 1.165) is 12.1 Å². The molecule has 0 bridgehead atoms. The summed E-state index contributed by atoms with van der Waals surface area (Å²) in [7, 11) is 1.80. The highest BCUT2D eigenvalue weighted by Gasteiger charge is 2.34. The number of allylic oxidation sites excluding steroid dienone is 2. The van der Waals surface area contributed by atoms with Gasteiger partial charge in [0, 0.05) is 18.2 Å². The van der Waals surface area contributed by atoms with Gasteiger partial charge in [-0.1, -0.05) is 26.8 Å². The molecule has 2 nitrogen and oxygen atoms in total. The first-order valence-electron chi connectivity index (χ1n) is 4.93. The molecule has 1 unspecified atom stereocenters. The van der Waals surface area contributed by atoms with E-state index in [2.05, 4.69) is 26.8 Å². The van der Waals surface area contributed by atoms with Crippen molar-refractivity contribution in [3.8, 4) is 0 Å². The third kappa shape index (κ3) is 2.11. The molecule has 0 N–H and O–H groups in total. The second-order valence-electron chi connectivity index (χ2n) is 4.70. The molecule has 0 aromatic carbocycles. The molecule has 14 heavy (non-hydrogen) atoms. The first-order chi connectivity index (χ1) is 6.38. The predicted octanol–water partition coefficient (Wildman–Crippen LogP) is 2.63. The first kappa shape index (κ1) is 11.6. The molecule has 0 radical (unpaired) electrons. The van der Waals surface area contributed by atoms with Gasteiger partial charge >= 0.3 is 0 Å². The molecule has 1 atom stereocenters. The van der Waals surface area contributed by atoms with Crippen LogP contribution in [-0.2, 0) is 4.79 Å². The van der Waals surface area contributed by atoms with Gasteiger partial charge < -0.3 is 4.90 Å². The fraction of sp³-hybridized carbons (Fsp3) is 0.727. The lowest BCUT2D eigenvalue weighted by atomic mass is 9.87. The molecular formula is C11H18ClNO. The summed E-state index contributed by atoms with van der Waals surface area (Å²) in [5.41, 5.74) is 1.20. The minimum absolute atomic E-state index is 0.0277. The van der Waals surface area contributed by atoms with Crippen molar-refractivity contribution in [1.29, 1.82) is 0 Å². The Morgan fingerprint density at radius 3 is 2.64 bits per heavy atom. The molecule has 0 saturated carbocycles. The Kier molecular flexibility index (Phi) is 3.25. The van der Waals surface area contributed by atoms with E-state index >= 15 is 0 Å². The Bertz CT molecular complexity index is 270. The Labute approximate surface area is 90.9 Å². The number of amides is 1. The van der Waals surface area contributed by atoms with Crippen molar-refractivity contribution in [1.82, 2.24) is 4.90 Å². The van der Waals surface area contributed by atoms with Crippen LogP contribution in [0.4, 0.5) is 0 Å². The zero-order valence-corrected chi connectivity index (χ0v) is 10.1. The van der Waals surface area contributed by atoms with Gasteiger partial charge in [-0.25, -0.2) is 0 Å². The molecule has 80 valence electrons. The van der Waals surface area contributed by atoms with Crippen LogP contribution < -0.4 is 0 Å². The molecule has 1 amide bonds. The van der Waals surface area contributed by atoms with Crippen LogP contribution in [0.5, 0.6) is 0 Å². The maximum absolute atomic E-state index is 11.4. The number of nitrogens with zero attached hydrogens (tertiary/aromatic N) is 1. The summed E-state index contributed by atoms with van der Waals surface area (Å²) in [4.78, 5) is 13.1. The normalized spacial score (nSPS) is 24.6. The van der Waals surface area contributed by atoms with Crippen molar-refractivity contribution in [3.05, 3.63) is 11.8 Å². The minimum atomic E-state index is -0.0277. The summed E-state index contributed by atoms with van der Waals surface area (Å²) in [6.45, 7) is 6.51. The van der Waals surface area contributed by atoms with E-state index in [1.165, 1.54) is 0 Å². The fourth-order valence-electron chi connectivity index (χ4n) is 2.25. The van der Waals surface area contributed by atoms with Gasteiger partial charge in [0.25, 0.3) is 0 Å². The molecule has 0 saturated heterocycles. The number of alkyl halides is 1. The lowest BCUT2D eigenvalue weighted by molar-refractivity contribution is -0.126. The topological polar surface area (TPSA) is 20.3 Å². The predicted molar refractivity (Wildman–Crippen MR) is 59.1 cm³/mol. The zero-order chi connectivity index (χ0) is 10.9. The van der Waals surface area contributed by atoms with Crippen LogP contribution in [0.2, 0.25) is 0 Å².